The Hall–Kier alpha value is -1.23. The molecule has 0 aliphatic carbocycles. The molecule has 0 aliphatic heterocycles. The number of benzene rings is 1. The van der Waals surface area contributed by atoms with Crippen LogP contribution in [0.5, 0.6) is 0 Å². The second-order valence-electron chi connectivity index (χ2n) is 3.93. The van der Waals surface area contributed by atoms with Gasteiger partial charge in [0.25, 0.3) is 0 Å². The number of rotatable bonds is 4. The molecule has 0 saturated heterocycles. The molecule has 0 aliphatic rings. The van der Waals surface area contributed by atoms with Gasteiger partial charge in [0, 0.05) is 24.2 Å². The van der Waals surface area contributed by atoms with Gasteiger partial charge in [0.15, 0.2) is 0 Å². The van der Waals surface area contributed by atoms with Gasteiger partial charge >= 0.3 is 0 Å². The van der Waals surface area contributed by atoms with Gasteiger partial charge in [-0.15, -0.1) is 0 Å². The number of aromatic nitrogens is 2. The van der Waals surface area contributed by atoms with Crippen molar-refractivity contribution in [3.63, 3.8) is 0 Å². The minimum Gasteiger partial charge on any atom is -0.378 e. The van der Waals surface area contributed by atoms with Crippen LogP contribution in [0.2, 0.25) is 5.02 Å². The van der Waals surface area contributed by atoms with Crippen molar-refractivity contribution in [2.45, 2.75) is 13.0 Å². The Balaban J connectivity index is 2.26. The van der Waals surface area contributed by atoms with Crippen molar-refractivity contribution in [1.82, 2.24) is 9.97 Å². The van der Waals surface area contributed by atoms with E-state index in [1.54, 1.807) is 13.2 Å². The number of nitrogens with one attached hydrogen (secondary N) is 1. The van der Waals surface area contributed by atoms with Crippen LogP contribution >= 0.6 is 23.8 Å². The zero-order valence-corrected chi connectivity index (χ0v) is 11.5. The molecule has 0 bridgehead atoms. The quantitative estimate of drug-likeness (QED) is 0.871. The predicted octanol–water partition coefficient (Wildman–Crippen LogP) is 3.53. The summed E-state index contributed by atoms with van der Waals surface area (Å²) < 4.78 is 5.65. The van der Waals surface area contributed by atoms with Crippen LogP contribution in [-0.4, -0.2) is 17.1 Å². The van der Waals surface area contributed by atoms with Crippen LogP contribution < -0.4 is 0 Å². The fourth-order valence-corrected chi connectivity index (χ4v) is 2.19. The Labute approximate surface area is 116 Å². The third-order valence-corrected chi connectivity index (χ3v) is 2.85. The summed E-state index contributed by atoms with van der Waals surface area (Å²) in [6, 6.07) is 9.50. The lowest BCUT2D eigenvalue weighted by Gasteiger charge is -2.05. The highest BCUT2D eigenvalue weighted by Crippen LogP contribution is 2.13. The fraction of sp³-hybridized carbons (Fsp3) is 0.231. The topological polar surface area (TPSA) is 37.9 Å². The number of hydrogen-bond acceptors (Lipinski definition) is 3. The average Bonchev–Trinajstić information content (AvgIpc) is 2.28. The molecule has 0 fully saturated rings. The highest BCUT2D eigenvalue weighted by atomic mass is 35.5. The highest BCUT2D eigenvalue weighted by molar-refractivity contribution is 7.71. The summed E-state index contributed by atoms with van der Waals surface area (Å²) >= 11 is 11.1. The van der Waals surface area contributed by atoms with Crippen molar-refractivity contribution < 1.29 is 4.74 Å². The summed E-state index contributed by atoms with van der Waals surface area (Å²) in [6.45, 7) is 0.495. The first-order valence-corrected chi connectivity index (χ1v) is 6.28. The van der Waals surface area contributed by atoms with Gasteiger partial charge < -0.3 is 9.72 Å². The Morgan fingerprint density at radius 2 is 2.22 bits per heavy atom. The van der Waals surface area contributed by atoms with Gasteiger partial charge in [0.1, 0.15) is 10.5 Å². The Morgan fingerprint density at radius 1 is 1.39 bits per heavy atom. The minimum atomic E-state index is 0.495. The summed E-state index contributed by atoms with van der Waals surface area (Å²) in [5.74, 6) is 0.816. The predicted molar refractivity (Wildman–Crippen MR) is 74.4 cm³/mol. The van der Waals surface area contributed by atoms with Crippen molar-refractivity contribution in [1.29, 1.82) is 0 Å². The number of aromatic amines is 1. The van der Waals surface area contributed by atoms with Gasteiger partial charge in [-0.2, -0.15) is 0 Å². The zero-order valence-electron chi connectivity index (χ0n) is 9.94. The lowest BCUT2D eigenvalue weighted by molar-refractivity contribution is 0.181. The second kappa shape index (κ2) is 6.09. The van der Waals surface area contributed by atoms with Crippen LogP contribution in [0.15, 0.2) is 30.3 Å². The van der Waals surface area contributed by atoms with E-state index in [2.05, 4.69) is 9.97 Å². The van der Waals surface area contributed by atoms with Crippen molar-refractivity contribution >= 4 is 23.8 Å². The molecule has 0 unspecified atom stereocenters. The first-order valence-electron chi connectivity index (χ1n) is 5.50. The average molecular weight is 281 g/mol. The Kier molecular flexibility index (Phi) is 4.47. The first kappa shape index (κ1) is 13.2. The van der Waals surface area contributed by atoms with E-state index in [1.165, 1.54) is 0 Å². The summed E-state index contributed by atoms with van der Waals surface area (Å²) in [4.78, 5) is 7.51. The van der Waals surface area contributed by atoms with Crippen molar-refractivity contribution in [3.05, 3.63) is 57.1 Å². The molecule has 0 amide bonds. The smallest absolute Gasteiger partial charge is 0.130 e. The van der Waals surface area contributed by atoms with Gasteiger partial charge in [0.2, 0.25) is 0 Å². The molecule has 1 aromatic heterocycles. The van der Waals surface area contributed by atoms with Gasteiger partial charge in [-0.05, 0) is 23.8 Å². The van der Waals surface area contributed by atoms with E-state index in [0.29, 0.717) is 17.7 Å². The molecule has 3 nitrogen and oxygen atoms in total. The SMILES string of the molecule is COCc1cc(=S)nc(Cc2cccc(Cl)c2)[nH]1. The van der Waals surface area contributed by atoms with Crippen molar-refractivity contribution in [2.24, 2.45) is 0 Å². The molecule has 1 heterocycles. The molecular formula is C13H13ClN2OS. The van der Waals surface area contributed by atoms with E-state index < -0.39 is 0 Å². The normalized spacial score (nSPS) is 10.6. The largest absolute Gasteiger partial charge is 0.378 e. The highest BCUT2D eigenvalue weighted by Gasteiger charge is 2.02. The first-order chi connectivity index (χ1) is 8.67. The molecule has 0 spiro atoms. The van der Waals surface area contributed by atoms with E-state index in [0.717, 1.165) is 22.1 Å². The maximum absolute atomic E-state index is 5.95. The molecule has 2 aromatic rings. The van der Waals surface area contributed by atoms with Gasteiger partial charge in [-0.3, -0.25) is 0 Å². The maximum atomic E-state index is 5.95. The summed E-state index contributed by atoms with van der Waals surface area (Å²) in [5.41, 5.74) is 2.02. The lowest BCUT2D eigenvalue weighted by Crippen LogP contribution is -2.01. The molecule has 18 heavy (non-hydrogen) atoms. The fourth-order valence-electron chi connectivity index (χ4n) is 1.72. The van der Waals surface area contributed by atoms with E-state index in [4.69, 9.17) is 28.6 Å². The number of halogens is 1. The van der Waals surface area contributed by atoms with E-state index in [1.807, 2.05) is 24.3 Å². The number of methoxy groups -OCH3 is 1. The van der Waals surface area contributed by atoms with E-state index in [-0.39, 0.29) is 0 Å². The summed E-state index contributed by atoms with van der Waals surface area (Å²) in [5, 5.41) is 0.721. The minimum absolute atomic E-state index is 0.495. The molecule has 0 radical (unpaired) electrons. The Morgan fingerprint density at radius 3 is 2.94 bits per heavy atom. The van der Waals surface area contributed by atoms with Crippen molar-refractivity contribution in [2.75, 3.05) is 7.11 Å². The second-order valence-corrected chi connectivity index (χ2v) is 4.79. The summed E-state index contributed by atoms with van der Waals surface area (Å²) in [7, 11) is 1.65. The molecule has 1 N–H and O–H groups in total. The van der Waals surface area contributed by atoms with Gasteiger partial charge in [-0.25, -0.2) is 4.98 Å². The molecule has 1 aromatic carbocycles. The molecular weight excluding hydrogens is 268 g/mol. The van der Waals surface area contributed by atoms with E-state index >= 15 is 0 Å². The third-order valence-electron chi connectivity index (χ3n) is 2.41. The van der Waals surface area contributed by atoms with Crippen molar-refractivity contribution in [3.8, 4) is 0 Å². The zero-order chi connectivity index (χ0) is 13.0. The van der Waals surface area contributed by atoms with Crippen LogP contribution in [0.4, 0.5) is 0 Å². The third kappa shape index (κ3) is 3.63. The Bertz CT molecular complexity index is 598. The summed E-state index contributed by atoms with van der Waals surface area (Å²) in [6.07, 6.45) is 0.668. The monoisotopic (exact) mass is 280 g/mol. The van der Waals surface area contributed by atoms with Crippen LogP contribution in [0.1, 0.15) is 17.1 Å². The maximum Gasteiger partial charge on any atom is 0.130 e. The van der Waals surface area contributed by atoms with Crippen LogP contribution in [0.25, 0.3) is 0 Å². The molecule has 94 valence electrons. The molecule has 2 rings (SSSR count). The van der Waals surface area contributed by atoms with Crippen LogP contribution in [-0.2, 0) is 17.8 Å². The number of nitrogens with zero attached hydrogens (tertiary/aromatic N) is 1. The lowest BCUT2D eigenvalue weighted by atomic mass is 10.1. The molecule has 0 saturated carbocycles. The molecule has 0 atom stereocenters. The van der Waals surface area contributed by atoms with E-state index in [9.17, 15) is 0 Å². The number of hydrogen-bond donors (Lipinski definition) is 1. The van der Waals surface area contributed by atoms with Crippen LogP contribution in [0.3, 0.4) is 0 Å². The standard InChI is InChI=1S/C13H13ClN2OS/c1-17-8-11-7-13(18)16-12(15-11)6-9-3-2-4-10(14)5-9/h2-5,7H,6,8H2,1H3,(H,15,16,18). The molecule has 5 heteroatoms. The number of ether oxygens (including phenoxy) is 1. The van der Waals surface area contributed by atoms with Gasteiger partial charge in [0.05, 0.1) is 6.61 Å². The van der Waals surface area contributed by atoms with Gasteiger partial charge in [-0.1, -0.05) is 36.0 Å². The number of H-pyrrole nitrogens is 1. The van der Waals surface area contributed by atoms with Crippen LogP contribution in [0, 0.1) is 4.64 Å².